The lowest BCUT2D eigenvalue weighted by Crippen LogP contribution is -2.50. The number of benzene rings is 1. The fourth-order valence-corrected chi connectivity index (χ4v) is 5.27. The lowest BCUT2D eigenvalue weighted by molar-refractivity contribution is -0.117. The van der Waals surface area contributed by atoms with Gasteiger partial charge in [-0.2, -0.15) is 0 Å². The maximum absolute atomic E-state index is 12.5. The van der Waals surface area contributed by atoms with Gasteiger partial charge in [0.1, 0.15) is 6.17 Å². The fraction of sp³-hybridized carbons (Fsp3) is 0.619. The number of nitrogens with zero attached hydrogens (tertiary/aromatic N) is 3. The molecule has 0 N–H and O–H groups in total. The van der Waals surface area contributed by atoms with Gasteiger partial charge in [0.2, 0.25) is 5.91 Å². The Balaban J connectivity index is 1.84. The van der Waals surface area contributed by atoms with Crippen molar-refractivity contribution in [2.24, 2.45) is 4.99 Å². The van der Waals surface area contributed by atoms with Gasteiger partial charge in [0.25, 0.3) is 0 Å². The molecular weight excluding hydrogens is 342 g/mol. The van der Waals surface area contributed by atoms with E-state index in [9.17, 15) is 4.79 Å². The number of amidine groups is 1. The summed E-state index contributed by atoms with van der Waals surface area (Å²) in [7, 11) is 2.08. The van der Waals surface area contributed by atoms with E-state index in [-0.39, 0.29) is 17.3 Å². The third-order valence-electron chi connectivity index (χ3n) is 5.50. The van der Waals surface area contributed by atoms with Crippen molar-refractivity contribution in [3.05, 3.63) is 29.8 Å². The maximum Gasteiger partial charge on any atom is 0.225 e. The highest BCUT2D eigenvalue weighted by Gasteiger charge is 2.40. The van der Waals surface area contributed by atoms with Crippen LogP contribution in [0.5, 0.6) is 0 Å². The van der Waals surface area contributed by atoms with Gasteiger partial charge in [-0.3, -0.25) is 14.7 Å². The summed E-state index contributed by atoms with van der Waals surface area (Å²) in [6.07, 6.45) is 7.34. The molecule has 2 fully saturated rings. The van der Waals surface area contributed by atoms with Crippen molar-refractivity contribution >= 4 is 28.5 Å². The van der Waals surface area contributed by atoms with Gasteiger partial charge in [0.15, 0.2) is 5.17 Å². The van der Waals surface area contributed by atoms with Gasteiger partial charge < -0.3 is 4.90 Å². The third-order valence-corrected chi connectivity index (χ3v) is 6.72. The second-order valence-electron chi connectivity index (χ2n) is 7.46. The first kappa shape index (κ1) is 19.3. The zero-order valence-corrected chi connectivity index (χ0v) is 17.3. The van der Waals surface area contributed by atoms with Crippen molar-refractivity contribution in [3.63, 3.8) is 0 Å². The van der Waals surface area contributed by atoms with E-state index in [1.54, 1.807) is 18.7 Å². The predicted octanol–water partition coefficient (Wildman–Crippen LogP) is 4.68. The molecule has 0 radical (unpaired) electrons. The molecule has 1 aromatic carbocycles. The predicted molar refractivity (Wildman–Crippen MR) is 112 cm³/mol. The van der Waals surface area contributed by atoms with Crippen molar-refractivity contribution in [3.8, 4) is 0 Å². The average molecular weight is 374 g/mol. The van der Waals surface area contributed by atoms with Gasteiger partial charge in [0, 0.05) is 24.9 Å². The highest BCUT2D eigenvalue weighted by atomic mass is 32.2. The van der Waals surface area contributed by atoms with E-state index >= 15 is 0 Å². The molecule has 2 atom stereocenters. The number of aliphatic imine (C=N–C) groups is 1. The maximum atomic E-state index is 12.5. The normalized spacial score (nSPS) is 25.7. The Hall–Kier alpha value is -1.49. The third kappa shape index (κ3) is 4.08. The highest BCUT2D eigenvalue weighted by Crippen LogP contribution is 2.36. The van der Waals surface area contributed by atoms with E-state index in [1.165, 1.54) is 37.7 Å². The minimum Gasteiger partial charge on any atom is -0.333 e. The summed E-state index contributed by atoms with van der Waals surface area (Å²) in [5.41, 5.74) is 2.26. The van der Waals surface area contributed by atoms with Crippen LogP contribution < -0.4 is 4.90 Å². The van der Waals surface area contributed by atoms with Crippen LogP contribution in [0.4, 0.5) is 5.69 Å². The van der Waals surface area contributed by atoms with Gasteiger partial charge in [-0.1, -0.05) is 50.1 Å². The summed E-state index contributed by atoms with van der Waals surface area (Å²) in [6, 6.07) is 8.84. The summed E-state index contributed by atoms with van der Waals surface area (Å²) in [5, 5.41) is 1.38. The van der Waals surface area contributed by atoms with Crippen molar-refractivity contribution in [2.45, 2.75) is 76.8 Å². The number of carbonyl (C=O) groups is 1. The molecule has 1 saturated heterocycles. The fourth-order valence-electron chi connectivity index (χ4n) is 4.02. The molecule has 4 nitrogen and oxygen atoms in total. The van der Waals surface area contributed by atoms with E-state index in [0.29, 0.717) is 6.04 Å². The first-order valence-electron chi connectivity index (χ1n) is 9.87. The monoisotopic (exact) mass is 373 g/mol. The van der Waals surface area contributed by atoms with E-state index in [0.717, 1.165) is 17.3 Å². The first-order chi connectivity index (χ1) is 12.5. The van der Waals surface area contributed by atoms with Crippen LogP contribution in [-0.2, 0) is 11.2 Å². The summed E-state index contributed by atoms with van der Waals surface area (Å²) < 4.78 is 0. The molecule has 2 unspecified atom stereocenters. The van der Waals surface area contributed by atoms with Crippen LogP contribution in [0, 0.1) is 0 Å². The molecule has 3 rings (SSSR count). The van der Waals surface area contributed by atoms with Crippen molar-refractivity contribution in [2.75, 3.05) is 11.9 Å². The van der Waals surface area contributed by atoms with Crippen LogP contribution in [0.3, 0.4) is 0 Å². The molecule has 1 heterocycles. The summed E-state index contributed by atoms with van der Waals surface area (Å²) >= 11 is 1.81. The van der Waals surface area contributed by atoms with Gasteiger partial charge in [0.05, 0.1) is 6.04 Å². The zero-order chi connectivity index (χ0) is 18.7. The quantitative estimate of drug-likeness (QED) is 0.768. The Bertz CT molecular complexity index is 652. The number of rotatable bonds is 4. The second kappa shape index (κ2) is 8.47. The molecule has 1 aromatic rings. The van der Waals surface area contributed by atoms with Gasteiger partial charge in [-0.25, -0.2) is 0 Å². The molecule has 1 aliphatic carbocycles. The van der Waals surface area contributed by atoms with Crippen LogP contribution in [0.1, 0.15) is 58.4 Å². The molecule has 0 spiro atoms. The Kier molecular flexibility index (Phi) is 6.28. The highest BCUT2D eigenvalue weighted by molar-refractivity contribution is 8.14. The number of aryl methyl sites for hydroxylation is 1. The van der Waals surface area contributed by atoms with Crippen molar-refractivity contribution in [1.82, 2.24) is 4.90 Å². The van der Waals surface area contributed by atoms with E-state index in [1.807, 2.05) is 4.90 Å². The molecule has 2 aliphatic rings. The Morgan fingerprint density at radius 1 is 1.23 bits per heavy atom. The van der Waals surface area contributed by atoms with Crippen LogP contribution in [-0.4, -0.2) is 40.5 Å². The second-order valence-corrected chi connectivity index (χ2v) is 8.80. The molecule has 0 bridgehead atoms. The Morgan fingerprint density at radius 3 is 2.46 bits per heavy atom. The van der Waals surface area contributed by atoms with Crippen LogP contribution in [0.2, 0.25) is 0 Å². The Labute approximate surface area is 162 Å². The number of hydrogen-bond acceptors (Lipinski definition) is 3. The smallest absolute Gasteiger partial charge is 0.225 e. The number of carbonyl (C=O) groups excluding carboxylic acids is 1. The van der Waals surface area contributed by atoms with E-state index in [4.69, 9.17) is 4.99 Å². The van der Waals surface area contributed by atoms with E-state index < -0.39 is 0 Å². The first-order valence-corrected chi connectivity index (χ1v) is 10.7. The molecule has 1 saturated carbocycles. The van der Waals surface area contributed by atoms with Gasteiger partial charge >= 0.3 is 0 Å². The molecule has 1 amide bonds. The Morgan fingerprint density at radius 2 is 1.88 bits per heavy atom. The molecular formula is C21H31N3OS. The largest absolute Gasteiger partial charge is 0.333 e. The van der Waals surface area contributed by atoms with E-state index in [2.05, 4.69) is 50.1 Å². The summed E-state index contributed by atoms with van der Waals surface area (Å²) in [4.78, 5) is 21.7. The molecule has 5 heteroatoms. The number of thioether (sulfide) groups is 1. The number of amides is 1. The van der Waals surface area contributed by atoms with Gasteiger partial charge in [-0.15, -0.1) is 0 Å². The lowest BCUT2D eigenvalue weighted by atomic mass is 9.96. The SMILES string of the molecule is CCc1ccc(N(C(C)=O)C2C(C)SC(=NC3CCCCC3)N2C)cc1. The topological polar surface area (TPSA) is 35.9 Å². The standard InChI is InChI=1S/C21H31N3OS/c1-5-17-11-13-19(14-12-17)24(16(3)25)20-15(2)26-21(23(20)4)22-18-9-7-6-8-10-18/h11-15,18,20H,5-10H2,1-4H3. The summed E-state index contributed by atoms with van der Waals surface area (Å²) in [5.74, 6) is 0.0810. The number of anilines is 1. The van der Waals surface area contributed by atoms with Crippen LogP contribution in [0.15, 0.2) is 29.3 Å². The summed E-state index contributed by atoms with van der Waals surface area (Å²) in [6.45, 7) is 6.01. The van der Waals surface area contributed by atoms with Crippen LogP contribution >= 0.6 is 11.8 Å². The lowest BCUT2D eigenvalue weighted by Gasteiger charge is -2.35. The van der Waals surface area contributed by atoms with Crippen molar-refractivity contribution < 1.29 is 4.79 Å². The van der Waals surface area contributed by atoms with Gasteiger partial charge in [-0.05, 0) is 43.9 Å². The zero-order valence-electron chi connectivity index (χ0n) is 16.4. The molecule has 26 heavy (non-hydrogen) atoms. The molecule has 0 aromatic heterocycles. The number of hydrogen-bond donors (Lipinski definition) is 0. The molecule has 1 aliphatic heterocycles. The average Bonchev–Trinajstić information content (AvgIpc) is 2.91. The minimum atomic E-state index is 0.00678. The van der Waals surface area contributed by atoms with Crippen molar-refractivity contribution in [1.29, 1.82) is 0 Å². The molecule has 142 valence electrons. The van der Waals surface area contributed by atoms with Crippen LogP contribution in [0.25, 0.3) is 0 Å². The minimum absolute atomic E-state index is 0.00678.